The quantitative estimate of drug-likeness (QED) is 0.696. The van der Waals surface area contributed by atoms with Gasteiger partial charge in [-0.05, 0) is 18.2 Å². The molecule has 1 aromatic carbocycles. The van der Waals surface area contributed by atoms with Gasteiger partial charge in [-0.2, -0.15) is 5.10 Å². The zero-order valence-electron chi connectivity index (χ0n) is 15.6. The van der Waals surface area contributed by atoms with Crippen molar-refractivity contribution in [1.29, 1.82) is 0 Å². The number of ether oxygens (including phenoxy) is 2. The molecule has 1 saturated heterocycles. The highest BCUT2D eigenvalue weighted by Gasteiger charge is 2.34. The second-order valence-corrected chi connectivity index (χ2v) is 6.34. The first-order valence-electron chi connectivity index (χ1n) is 8.78. The zero-order valence-corrected chi connectivity index (χ0v) is 15.6. The number of methoxy groups -OCH3 is 2. The molecule has 0 unspecified atom stereocenters. The summed E-state index contributed by atoms with van der Waals surface area (Å²) in [4.78, 5) is 23.2. The molecule has 2 aromatic heterocycles. The number of aromatic nitrogens is 4. The van der Waals surface area contributed by atoms with E-state index in [9.17, 15) is 4.79 Å². The van der Waals surface area contributed by atoms with Crippen LogP contribution in [0.2, 0.25) is 0 Å². The van der Waals surface area contributed by atoms with Crippen LogP contribution in [-0.2, 0) is 4.79 Å². The molecule has 3 heterocycles. The van der Waals surface area contributed by atoms with Gasteiger partial charge < -0.3 is 19.7 Å². The molecule has 28 heavy (non-hydrogen) atoms. The predicted molar refractivity (Wildman–Crippen MR) is 103 cm³/mol. The highest BCUT2D eigenvalue weighted by Crippen LogP contribution is 2.31. The monoisotopic (exact) mass is 380 g/mol. The maximum atomic E-state index is 12.6. The van der Waals surface area contributed by atoms with Crippen molar-refractivity contribution < 1.29 is 14.3 Å². The minimum atomic E-state index is -0.140. The van der Waals surface area contributed by atoms with Crippen molar-refractivity contribution >= 4 is 17.4 Å². The van der Waals surface area contributed by atoms with Crippen LogP contribution in [0.5, 0.6) is 11.5 Å². The van der Waals surface area contributed by atoms with E-state index in [0.717, 1.165) is 5.82 Å². The number of nitrogens with one attached hydrogen (secondary N) is 1. The lowest BCUT2D eigenvalue weighted by molar-refractivity contribution is -0.120. The molecule has 0 atom stereocenters. The number of rotatable bonds is 6. The van der Waals surface area contributed by atoms with Crippen LogP contribution in [0.3, 0.4) is 0 Å². The van der Waals surface area contributed by atoms with E-state index >= 15 is 0 Å². The average molecular weight is 380 g/mol. The standard InChI is InChI=1S/C19H20N6O3/c1-27-14-4-5-16(28-2)15(8-14)23-19(26)13-10-24(11-13)17-9-18(21-12-20-17)25-7-3-6-22-25/h3-9,12-13H,10-11H2,1-2H3,(H,23,26). The van der Waals surface area contributed by atoms with E-state index < -0.39 is 0 Å². The third kappa shape index (κ3) is 3.46. The predicted octanol–water partition coefficient (Wildman–Crippen LogP) is 1.75. The summed E-state index contributed by atoms with van der Waals surface area (Å²) in [5, 5.41) is 7.10. The van der Waals surface area contributed by atoms with Gasteiger partial charge in [0, 0.05) is 37.6 Å². The van der Waals surface area contributed by atoms with Crippen molar-refractivity contribution in [2.24, 2.45) is 5.92 Å². The van der Waals surface area contributed by atoms with Crippen molar-refractivity contribution in [1.82, 2.24) is 19.7 Å². The fourth-order valence-corrected chi connectivity index (χ4v) is 3.02. The zero-order chi connectivity index (χ0) is 19.5. The number of hydrogen-bond donors (Lipinski definition) is 1. The number of amides is 1. The second kappa shape index (κ2) is 7.55. The van der Waals surface area contributed by atoms with Crippen molar-refractivity contribution in [3.05, 3.63) is 49.1 Å². The van der Waals surface area contributed by atoms with E-state index in [1.807, 2.05) is 23.2 Å². The van der Waals surface area contributed by atoms with Crippen molar-refractivity contribution in [2.45, 2.75) is 0 Å². The van der Waals surface area contributed by atoms with E-state index in [0.29, 0.717) is 36.1 Å². The molecular formula is C19H20N6O3. The van der Waals surface area contributed by atoms with Crippen LogP contribution in [0.15, 0.2) is 49.1 Å². The Bertz CT molecular complexity index is 970. The summed E-state index contributed by atoms with van der Waals surface area (Å²) in [6, 6.07) is 8.98. The maximum absolute atomic E-state index is 12.6. The normalized spacial score (nSPS) is 13.7. The highest BCUT2D eigenvalue weighted by molar-refractivity contribution is 5.95. The Balaban J connectivity index is 1.40. The summed E-state index contributed by atoms with van der Waals surface area (Å²) < 4.78 is 12.2. The van der Waals surface area contributed by atoms with Gasteiger partial charge in [0.05, 0.1) is 25.8 Å². The van der Waals surface area contributed by atoms with Crippen LogP contribution in [0.25, 0.3) is 5.82 Å². The van der Waals surface area contributed by atoms with Crippen LogP contribution in [-0.4, -0.2) is 53.0 Å². The second-order valence-electron chi connectivity index (χ2n) is 6.34. The van der Waals surface area contributed by atoms with E-state index in [1.54, 1.807) is 43.3 Å². The van der Waals surface area contributed by atoms with Gasteiger partial charge in [0.1, 0.15) is 23.6 Å². The van der Waals surface area contributed by atoms with Crippen LogP contribution < -0.4 is 19.7 Å². The molecule has 0 spiro atoms. The molecule has 3 aromatic rings. The van der Waals surface area contributed by atoms with E-state index in [1.165, 1.54) is 6.33 Å². The van der Waals surface area contributed by atoms with E-state index in [-0.39, 0.29) is 11.8 Å². The number of hydrogen-bond acceptors (Lipinski definition) is 7. The summed E-state index contributed by atoms with van der Waals surface area (Å²) >= 11 is 0. The molecule has 1 fully saturated rings. The molecule has 0 aliphatic carbocycles. The molecule has 144 valence electrons. The fraction of sp³-hybridized carbons (Fsp3) is 0.263. The summed E-state index contributed by atoms with van der Waals surface area (Å²) in [6.07, 6.45) is 5.01. The first-order chi connectivity index (χ1) is 13.7. The molecule has 0 saturated carbocycles. The molecule has 1 amide bonds. The molecule has 4 rings (SSSR count). The number of carbonyl (C=O) groups is 1. The molecule has 1 N–H and O–H groups in total. The Morgan fingerprint density at radius 2 is 1.96 bits per heavy atom. The lowest BCUT2D eigenvalue weighted by Gasteiger charge is -2.39. The minimum Gasteiger partial charge on any atom is -0.497 e. The SMILES string of the molecule is COc1ccc(OC)c(NC(=O)C2CN(c3cc(-n4cccn4)ncn3)C2)c1. The summed E-state index contributed by atoms with van der Waals surface area (Å²) in [7, 11) is 3.14. The Labute approximate surface area is 161 Å². The third-order valence-corrected chi connectivity index (χ3v) is 4.62. The molecule has 0 radical (unpaired) electrons. The number of carbonyl (C=O) groups excluding carboxylic acids is 1. The van der Waals surface area contributed by atoms with Gasteiger partial charge in [-0.3, -0.25) is 4.79 Å². The lowest BCUT2D eigenvalue weighted by atomic mass is 9.99. The van der Waals surface area contributed by atoms with Gasteiger partial charge in [0.25, 0.3) is 0 Å². The van der Waals surface area contributed by atoms with Crippen molar-refractivity contribution in [3.63, 3.8) is 0 Å². The van der Waals surface area contributed by atoms with Gasteiger partial charge in [-0.15, -0.1) is 0 Å². The Kier molecular flexibility index (Phi) is 4.79. The topological polar surface area (TPSA) is 94.4 Å². The van der Waals surface area contributed by atoms with Crippen molar-refractivity contribution in [3.8, 4) is 17.3 Å². The van der Waals surface area contributed by atoms with Gasteiger partial charge >= 0.3 is 0 Å². The lowest BCUT2D eigenvalue weighted by Crippen LogP contribution is -2.52. The molecular weight excluding hydrogens is 360 g/mol. The molecule has 9 nitrogen and oxygen atoms in total. The maximum Gasteiger partial charge on any atom is 0.231 e. The fourth-order valence-electron chi connectivity index (χ4n) is 3.02. The van der Waals surface area contributed by atoms with E-state index in [2.05, 4.69) is 20.4 Å². The summed E-state index contributed by atoms with van der Waals surface area (Å²) in [6.45, 7) is 1.15. The first kappa shape index (κ1) is 17.8. The average Bonchev–Trinajstić information content (AvgIpc) is 3.22. The largest absolute Gasteiger partial charge is 0.497 e. The van der Waals surface area contributed by atoms with Gasteiger partial charge in [-0.1, -0.05) is 0 Å². The third-order valence-electron chi connectivity index (χ3n) is 4.62. The van der Waals surface area contributed by atoms with Crippen LogP contribution in [0.4, 0.5) is 11.5 Å². The Morgan fingerprint density at radius 3 is 2.68 bits per heavy atom. The Hall–Kier alpha value is -3.62. The molecule has 9 heteroatoms. The molecule has 1 aliphatic heterocycles. The number of anilines is 2. The number of nitrogens with zero attached hydrogens (tertiary/aromatic N) is 5. The smallest absolute Gasteiger partial charge is 0.231 e. The van der Waals surface area contributed by atoms with Crippen LogP contribution >= 0.6 is 0 Å². The highest BCUT2D eigenvalue weighted by atomic mass is 16.5. The minimum absolute atomic E-state index is 0.0656. The van der Waals surface area contributed by atoms with Crippen molar-refractivity contribution in [2.75, 3.05) is 37.5 Å². The number of benzene rings is 1. The first-order valence-corrected chi connectivity index (χ1v) is 8.78. The van der Waals surface area contributed by atoms with Gasteiger partial charge in [0.2, 0.25) is 5.91 Å². The molecule has 0 bridgehead atoms. The summed E-state index contributed by atoms with van der Waals surface area (Å²) in [5.74, 6) is 2.49. The van der Waals surface area contributed by atoms with E-state index in [4.69, 9.17) is 9.47 Å². The summed E-state index contributed by atoms with van der Waals surface area (Å²) in [5.41, 5.74) is 0.591. The van der Waals surface area contributed by atoms with Gasteiger partial charge in [-0.25, -0.2) is 14.6 Å². The van der Waals surface area contributed by atoms with Crippen LogP contribution in [0, 0.1) is 5.92 Å². The van der Waals surface area contributed by atoms with Crippen LogP contribution in [0.1, 0.15) is 0 Å². The Morgan fingerprint density at radius 1 is 1.14 bits per heavy atom. The molecule has 1 aliphatic rings. The van der Waals surface area contributed by atoms with Gasteiger partial charge in [0.15, 0.2) is 5.82 Å².